The largest absolute Gasteiger partial charge is 0.387 e. The van der Waals surface area contributed by atoms with Gasteiger partial charge in [0.1, 0.15) is 11.7 Å². The van der Waals surface area contributed by atoms with E-state index < -0.39 is 7.60 Å². The molecule has 2 saturated carbocycles. The number of aliphatic imine (C=N–C) groups is 2. The number of hydrogen-bond donors (Lipinski definition) is 4. The van der Waals surface area contributed by atoms with Crippen molar-refractivity contribution in [3.63, 3.8) is 0 Å². The highest BCUT2D eigenvalue weighted by atomic mass is 31.2. The van der Waals surface area contributed by atoms with Gasteiger partial charge in [-0.15, -0.1) is 0 Å². The van der Waals surface area contributed by atoms with E-state index in [1.807, 2.05) is 0 Å². The number of nitrogens with two attached hydrogens (primary N) is 1. The average Bonchev–Trinajstić information content (AvgIpc) is 3.03. The highest BCUT2D eigenvalue weighted by Crippen LogP contribution is 2.53. The lowest BCUT2D eigenvalue weighted by atomic mass is 9.82. The normalized spacial score (nSPS) is 30.1. The maximum atomic E-state index is 12.9. The van der Waals surface area contributed by atoms with Gasteiger partial charge in [-0.1, -0.05) is 33.1 Å². The van der Waals surface area contributed by atoms with E-state index in [1.54, 1.807) is 0 Å². The van der Waals surface area contributed by atoms with Crippen LogP contribution in [0.4, 0.5) is 0 Å². The van der Waals surface area contributed by atoms with Crippen molar-refractivity contribution in [1.82, 2.24) is 25.8 Å². The minimum Gasteiger partial charge on any atom is -0.387 e. The second-order valence-corrected chi connectivity index (χ2v) is 16.9. The zero-order valence-electron chi connectivity index (χ0n) is 27.6. The molecule has 5 N–H and O–H groups in total. The second kappa shape index (κ2) is 16.7. The van der Waals surface area contributed by atoms with Gasteiger partial charge in [0.15, 0.2) is 6.29 Å². The van der Waals surface area contributed by atoms with Crippen LogP contribution in [-0.2, 0) is 13.6 Å². The Kier molecular flexibility index (Phi) is 13.0. The summed E-state index contributed by atoms with van der Waals surface area (Å²) in [5, 5.41) is 11.1. The smallest absolute Gasteiger partial charge is 0.332 e. The molecule has 0 bridgehead atoms. The topological polar surface area (TPSA) is 129 Å². The van der Waals surface area contributed by atoms with Crippen LogP contribution >= 0.6 is 7.60 Å². The molecule has 2 saturated heterocycles. The molecule has 3 aliphatic heterocycles. The molecule has 1 unspecified atom stereocenters. The van der Waals surface area contributed by atoms with Crippen LogP contribution in [0.2, 0.25) is 0 Å². The van der Waals surface area contributed by atoms with Crippen molar-refractivity contribution in [2.45, 2.75) is 96.8 Å². The van der Waals surface area contributed by atoms with Crippen LogP contribution in [0.1, 0.15) is 84.5 Å². The van der Waals surface area contributed by atoms with E-state index >= 15 is 0 Å². The van der Waals surface area contributed by atoms with E-state index in [0.29, 0.717) is 37.6 Å². The lowest BCUT2D eigenvalue weighted by molar-refractivity contribution is 0.0403. The van der Waals surface area contributed by atoms with Crippen LogP contribution in [0.15, 0.2) is 9.98 Å². The third-order valence-electron chi connectivity index (χ3n) is 10.2. The van der Waals surface area contributed by atoms with Crippen LogP contribution in [0.5, 0.6) is 0 Å². The van der Waals surface area contributed by atoms with Gasteiger partial charge in [0.05, 0.1) is 25.8 Å². The molecule has 5 aliphatic rings. The molecule has 3 heterocycles. The van der Waals surface area contributed by atoms with Gasteiger partial charge in [-0.05, 0) is 76.4 Å². The van der Waals surface area contributed by atoms with Gasteiger partial charge in [0.25, 0.3) is 0 Å². The van der Waals surface area contributed by atoms with E-state index in [-0.39, 0.29) is 11.7 Å². The maximum absolute atomic E-state index is 12.9. The summed E-state index contributed by atoms with van der Waals surface area (Å²) in [6.45, 7) is 13.8. The van der Waals surface area contributed by atoms with Crippen LogP contribution in [0, 0.1) is 17.3 Å². The molecule has 0 spiro atoms. The first-order chi connectivity index (χ1) is 21.3. The van der Waals surface area contributed by atoms with Gasteiger partial charge in [-0.25, -0.2) is 9.98 Å². The highest BCUT2D eigenvalue weighted by Gasteiger charge is 2.37. The Balaban J connectivity index is 0.935. The third kappa shape index (κ3) is 11.0. The summed E-state index contributed by atoms with van der Waals surface area (Å²) < 4.78 is 24.2. The Hall–Kier alpha value is -1.07. The van der Waals surface area contributed by atoms with Crippen molar-refractivity contribution < 1.29 is 13.6 Å². The third-order valence-corrected chi connectivity index (χ3v) is 12.0. The molecule has 1 atom stereocenters. The molecule has 4 fully saturated rings. The summed E-state index contributed by atoms with van der Waals surface area (Å²) in [6.07, 6.45) is 14.1. The van der Waals surface area contributed by atoms with Crippen molar-refractivity contribution in [3.05, 3.63) is 0 Å². The first kappa shape index (κ1) is 34.3. The molecule has 0 aromatic rings. The fourth-order valence-corrected chi connectivity index (χ4v) is 9.11. The highest BCUT2D eigenvalue weighted by molar-refractivity contribution is 7.53. The molecule has 2 aliphatic carbocycles. The molecule has 252 valence electrons. The summed E-state index contributed by atoms with van der Waals surface area (Å²) in [4.78, 5) is 14.3. The van der Waals surface area contributed by atoms with Crippen LogP contribution < -0.4 is 21.7 Å². The van der Waals surface area contributed by atoms with E-state index in [4.69, 9.17) is 19.8 Å². The van der Waals surface area contributed by atoms with Crippen molar-refractivity contribution in [1.29, 1.82) is 0 Å². The molecule has 0 aromatic heterocycles. The number of rotatable bonds is 13. The van der Waals surface area contributed by atoms with Gasteiger partial charge in [0.2, 0.25) is 0 Å². The lowest BCUT2D eigenvalue weighted by Crippen LogP contribution is -2.51. The molecule has 44 heavy (non-hydrogen) atoms. The van der Waals surface area contributed by atoms with E-state index in [0.717, 1.165) is 76.7 Å². The number of hydrogen-bond acceptors (Lipinski definition) is 11. The van der Waals surface area contributed by atoms with Gasteiger partial charge in [-0.2, -0.15) is 0 Å². The van der Waals surface area contributed by atoms with Crippen molar-refractivity contribution in [2.24, 2.45) is 33.0 Å². The summed E-state index contributed by atoms with van der Waals surface area (Å²) in [5.41, 5.74) is 6.21. The molecule has 0 amide bonds. The second-order valence-electron chi connectivity index (χ2n) is 14.7. The minimum atomic E-state index is -2.98. The Morgan fingerprint density at radius 2 is 1.57 bits per heavy atom. The summed E-state index contributed by atoms with van der Waals surface area (Å²) in [6, 6.07) is 0.771. The summed E-state index contributed by atoms with van der Waals surface area (Å²) in [7, 11) is -2.98. The predicted octanol–water partition coefficient (Wildman–Crippen LogP) is 3.61. The molecule has 0 radical (unpaired) electrons. The molecule has 11 nitrogen and oxygen atoms in total. The molecule has 12 heteroatoms. The van der Waals surface area contributed by atoms with Crippen LogP contribution in [-0.4, -0.2) is 112 Å². The molecule has 0 aromatic carbocycles. The van der Waals surface area contributed by atoms with Crippen molar-refractivity contribution in [2.75, 3.05) is 78.3 Å². The van der Waals surface area contributed by atoms with Gasteiger partial charge >= 0.3 is 7.60 Å². The fraction of sp³-hybridized carbons (Fsp3) is 0.938. The predicted molar refractivity (Wildman–Crippen MR) is 179 cm³/mol. The van der Waals surface area contributed by atoms with Gasteiger partial charge in [0, 0.05) is 50.7 Å². The molecule has 5 rings (SSSR count). The SMILES string of the molecule is CC1(C)COP(=O)(CCN2CCN(C3=NC(NCC4CCC(CNCCCNC5CCCCC5)CC4)N=C(N)C3)CC2)OC1. The van der Waals surface area contributed by atoms with E-state index in [9.17, 15) is 4.57 Å². The first-order valence-electron chi connectivity index (χ1n) is 17.7. The Morgan fingerprint density at radius 1 is 0.886 bits per heavy atom. The Labute approximate surface area is 266 Å². The van der Waals surface area contributed by atoms with Crippen LogP contribution in [0.3, 0.4) is 0 Å². The average molecular weight is 637 g/mol. The summed E-state index contributed by atoms with van der Waals surface area (Å²) >= 11 is 0. The number of nitrogens with zero attached hydrogens (tertiary/aromatic N) is 4. The maximum Gasteiger partial charge on any atom is 0.332 e. The zero-order chi connectivity index (χ0) is 30.8. The fourth-order valence-electron chi connectivity index (χ4n) is 7.16. The standard InChI is InChI=1S/C32H61N8O3P/c1-32(2)24-42-44(41,43-25-32)20-19-39-15-17-40(18-16-39)30-21-29(33)37-31(38-30)36-23-27-11-9-26(10-12-27)22-34-13-6-14-35-28-7-4-3-5-8-28/h26-28,31,34-36H,3-25H2,1-2H3,(H2,33,37). The quantitative estimate of drug-likeness (QED) is 0.177. The molecular weight excluding hydrogens is 575 g/mol. The zero-order valence-corrected chi connectivity index (χ0v) is 28.5. The van der Waals surface area contributed by atoms with Crippen molar-refractivity contribution >= 4 is 19.3 Å². The van der Waals surface area contributed by atoms with Gasteiger partial charge < -0.3 is 30.3 Å². The lowest BCUT2D eigenvalue weighted by Gasteiger charge is -2.39. The Morgan fingerprint density at radius 3 is 2.27 bits per heavy atom. The van der Waals surface area contributed by atoms with E-state index in [2.05, 4.69) is 44.6 Å². The van der Waals surface area contributed by atoms with E-state index in [1.165, 1.54) is 64.2 Å². The number of amidine groups is 2. The summed E-state index contributed by atoms with van der Waals surface area (Å²) in [5.74, 6) is 3.18. The minimum absolute atomic E-state index is 0.0692. The Bertz CT molecular complexity index is 974. The number of piperazine rings is 1. The van der Waals surface area contributed by atoms with Gasteiger partial charge in [-0.3, -0.25) is 14.8 Å². The van der Waals surface area contributed by atoms with Crippen molar-refractivity contribution in [3.8, 4) is 0 Å². The molecular formula is C32H61N8O3P. The first-order valence-corrected chi connectivity index (χ1v) is 19.4. The van der Waals surface area contributed by atoms with Crippen LogP contribution in [0.25, 0.3) is 0 Å². The number of nitrogens with one attached hydrogen (secondary N) is 3. The monoisotopic (exact) mass is 636 g/mol.